The van der Waals surface area contributed by atoms with Gasteiger partial charge in [0.25, 0.3) is 5.91 Å². The summed E-state index contributed by atoms with van der Waals surface area (Å²) in [5.41, 5.74) is 1.17. The molecule has 0 saturated heterocycles. The van der Waals surface area contributed by atoms with E-state index in [0.717, 1.165) is 14.3 Å². The van der Waals surface area contributed by atoms with Gasteiger partial charge in [-0.05, 0) is 29.8 Å². The molecule has 3 aromatic rings. The minimum absolute atomic E-state index is 0.0502. The van der Waals surface area contributed by atoms with E-state index in [1.807, 2.05) is 24.3 Å². The molecule has 0 radical (unpaired) electrons. The van der Waals surface area contributed by atoms with Gasteiger partial charge >= 0.3 is 0 Å². The third kappa shape index (κ3) is 4.69. The predicted octanol–water partition coefficient (Wildman–Crippen LogP) is 3.85. The van der Waals surface area contributed by atoms with Crippen LogP contribution in [-0.2, 0) is 16.6 Å². The normalized spacial score (nSPS) is 11.6. The Kier molecular flexibility index (Phi) is 6.42. The van der Waals surface area contributed by atoms with Crippen LogP contribution in [0.15, 0.2) is 64.1 Å². The number of sulfonamides is 1. The smallest absolute Gasteiger partial charge is 0.256 e. The van der Waals surface area contributed by atoms with E-state index in [-0.39, 0.29) is 15.5 Å². The van der Waals surface area contributed by atoms with Crippen LogP contribution < -0.4 is 5.32 Å². The lowest BCUT2D eigenvalue weighted by Gasteiger charge is -2.14. The van der Waals surface area contributed by atoms with Crippen molar-refractivity contribution in [3.05, 3.63) is 75.4 Å². The fourth-order valence-corrected chi connectivity index (χ4v) is 4.38. The Morgan fingerprint density at radius 1 is 1.21 bits per heavy atom. The van der Waals surface area contributed by atoms with Crippen LogP contribution in [-0.4, -0.2) is 42.5 Å². The minimum Gasteiger partial charge on any atom is -0.307 e. The molecule has 2 aromatic carbocycles. The summed E-state index contributed by atoms with van der Waals surface area (Å²) in [6, 6.07) is 13.5. The number of carbonyl (C=O) groups is 1. The van der Waals surface area contributed by atoms with Gasteiger partial charge < -0.3 is 5.32 Å². The molecule has 0 fully saturated rings. The summed E-state index contributed by atoms with van der Waals surface area (Å²) in [6.45, 7) is 0.449. The predicted molar refractivity (Wildman–Crippen MR) is 116 cm³/mol. The van der Waals surface area contributed by atoms with Crippen LogP contribution >= 0.6 is 27.5 Å². The Bertz CT molecular complexity index is 1160. The third-order valence-corrected chi connectivity index (χ3v) is 7.26. The quantitative estimate of drug-likeness (QED) is 0.561. The highest BCUT2D eigenvalue weighted by atomic mass is 79.9. The average molecular weight is 498 g/mol. The van der Waals surface area contributed by atoms with Crippen molar-refractivity contribution >= 4 is 49.3 Å². The second kappa shape index (κ2) is 8.66. The number of rotatable bonds is 6. The number of aromatic nitrogens is 2. The fourth-order valence-electron chi connectivity index (χ4n) is 2.58. The van der Waals surface area contributed by atoms with Crippen LogP contribution in [0.5, 0.6) is 0 Å². The van der Waals surface area contributed by atoms with E-state index < -0.39 is 15.9 Å². The van der Waals surface area contributed by atoms with Crippen molar-refractivity contribution in [1.29, 1.82) is 0 Å². The Morgan fingerprint density at radius 3 is 2.62 bits per heavy atom. The number of benzene rings is 2. The first-order valence-corrected chi connectivity index (χ1v) is 11.1. The second-order valence-electron chi connectivity index (χ2n) is 6.35. The molecule has 0 unspecified atom stereocenters. The van der Waals surface area contributed by atoms with Crippen LogP contribution in [0.2, 0.25) is 5.02 Å². The highest BCUT2D eigenvalue weighted by Gasteiger charge is 2.22. The van der Waals surface area contributed by atoms with Gasteiger partial charge in [0.2, 0.25) is 10.0 Å². The largest absolute Gasteiger partial charge is 0.307 e. The van der Waals surface area contributed by atoms with Crippen molar-refractivity contribution in [2.45, 2.75) is 11.4 Å². The van der Waals surface area contributed by atoms with Gasteiger partial charge in [-0.25, -0.2) is 17.4 Å². The van der Waals surface area contributed by atoms with Gasteiger partial charge in [0.05, 0.1) is 17.8 Å². The van der Waals surface area contributed by atoms with Gasteiger partial charge in [0.15, 0.2) is 0 Å². The molecule has 29 heavy (non-hydrogen) atoms. The van der Waals surface area contributed by atoms with Gasteiger partial charge in [-0.3, -0.25) is 4.79 Å². The molecule has 0 spiro atoms. The second-order valence-corrected chi connectivity index (χ2v) is 9.73. The summed E-state index contributed by atoms with van der Waals surface area (Å²) in [5.74, 6) is 0.0171. The topological polar surface area (TPSA) is 84.3 Å². The zero-order valence-electron chi connectivity index (χ0n) is 15.6. The van der Waals surface area contributed by atoms with E-state index in [1.54, 1.807) is 16.9 Å². The van der Waals surface area contributed by atoms with Crippen LogP contribution in [0.1, 0.15) is 15.9 Å². The summed E-state index contributed by atoms with van der Waals surface area (Å²) < 4.78 is 28.5. The zero-order valence-corrected chi connectivity index (χ0v) is 18.8. The molecule has 7 nitrogen and oxygen atoms in total. The minimum atomic E-state index is -3.78. The molecule has 0 saturated carbocycles. The molecule has 0 atom stereocenters. The summed E-state index contributed by atoms with van der Waals surface area (Å²) >= 11 is 9.54. The Balaban J connectivity index is 1.86. The molecule has 1 N–H and O–H groups in total. The standard InChI is InChI=1S/C19H18BrClN4O3S/c1-24(2)29(27,28)17-11-13(7-8-16(17)21)19(26)23-18-9-10-22-25(18)12-14-5-3-4-6-15(14)20/h3-11H,12H2,1-2H3,(H,23,26). The van der Waals surface area contributed by atoms with Crippen LogP contribution in [0.4, 0.5) is 5.82 Å². The van der Waals surface area contributed by atoms with Gasteiger partial charge in [-0.2, -0.15) is 5.10 Å². The number of hydrogen-bond acceptors (Lipinski definition) is 4. The monoisotopic (exact) mass is 496 g/mol. The highest BCUT2D eigenvalue weighted by molar-refractivity contribution is 9.10. The van der Waals surface area contributed by atoms with Crippen LogP contribution in [0.25, 0.3) is 0 Å². The van der Waals surface area contributed by atoms with E-state index in [0.29, 0.717) is 12.4 Å². The van der Waals surface area contributed by atoms with Gasteiger partial charge in [-0.1, -0.05) is 45.7 Å². The molecule has 3 rings (SSSR count). The van der Waals surface area contributed by atoms with Gasteiger partial charge in [0, 0.05) is 30.2 Å². The lowest BCUT2D eigenvalue weighted by atomic mass is 10.2. The number of amides is 1. The van der Waals surface area contributed by atoms with Gasteiger partial charge in [-0.15, -0.1) is 0 Å². The van der Waals surface area contributed by atoms with Crippen molar-refractivity contribution in [1.82, 2.24) is 14.1 Å². The Hall–Kier alpha value is -2.20. The number of carbonyl (C=O) groups excluding carboxylic acids is 1. The first kappa shape index (κ1) is 21.5. The molecule has 1 aromatic heterocycles. The van der Waals surface area contributed by atoms with E-state index in [2.05, 4.69) is 26.3 Å². The maximum absolute atomic E-state index is 12.7. The Morgan fingerprint density at radius 2 is 1.93 bits per heavy atom. The van der Waals surface area contributed by atoms with Crippen molar-refractivity contribution in [3.63, 3.8) is 0 Å². The molecule has 152 valence electrons. The van der Waals surface area contributed by atoms with E-state index in [4.69, 9.17) is 11.6 Å². The van der Waals surface area contributed by atoms with Crippen LogP contribution in [0, 0.1) is 0 Å². The van der Waals surface area contributed by atoms with Crippen molar-refractivity contribution < 1.29 is 13.2 Å². The molecule has 0 aliphatic rings. The summed E-state index contributed by atoms with van der Waals surface area (Å²) in [7, 11) is -0.978. The number of nitrogens with one attached hydrogen (secondary N) is 1. The zero-order chi connectivity index (χ0) is 21.2. The van der Waals surface area contributed by atoms with Gasteiger partial charge in [0.1, 0.15) is 10.7 Å². The van der Waals surface area contributed by atoms with E-state index >= 15 is 0 Å². The summed E-state index contributed by atoms with van der Waals surface area (Å²) in [4.78, 5) is 12.6. The molecule has 0 aliphatic heterocycles. The first-order chi connectivity index (χ1) is 13.7. The number of halogens is 2. The van der Waals surface area contributed by atoms with Crippen molar-refractivity contribution in [2.24, 2.45) is 0 Å². The van der Waals surface area contributed by atoms with E-state index in [9.17, 15) is 13.2 Å². The molecule has 10 heteroatoms. The first-order valence-electron chi connectivity index (χ1n) is 8.49. The molecular weight excluding hydrogens is 480 g/mol. The third-order valence-electron chi connectivity index (χ3n) is 4.19. The molecule has 1 heterocycles. The fraction of sp³-hybridized carbons (Fsp3) is 0.158. The molecule has 1 amide bonds. The molecular formula is C19H18BrClN4O3S. The average Bonchev–Trinajstić information content (AvgIpc) is 3.10. The van der Waals surface area contributed by atoms with Crippen LogP contribution in [0.3, 0.4) is 0 Å². The maximum Gasteiger partial charge on any atom is 0.256 e. The van der Waals surface area contributed by atoms with Crippen molar-refractivity contribution in [2.75, 3.05) is 19.4 Å². The molecule has 0 bridgehead atoms. The number of anilines is 1. The maximum atomic E-state index is 12.7. The lowest BCUT2D eigenvalue weighted by Crippen LogP contribution is -2.23. The SMILES string of the molecule is CN(C)S(=O)(=O)c1cc(C(=O)Nc2ccnn2Cc2ccccc2Br)ccc1Cl. The number of nitrogens with zero attached hydrogens (tertiary/aromatic N) is 3. The summed E-state index contributed by atoms with van der Waals surface area (Å²) in [6.07, 6.45) is 1.58. The van der Waals surface area contributed by atoms with E-state index in [1.165, 1.54) is 32.3 Å². The molecule has 0 aliphatic carbocycles. The highest BCUT2D eigenvalue weighted by Crippen LogP contribution is 2.25. The number of hydrogen-bond donors (Lipinski definition) is 1. The van der Waals surface area contributed by atoms with Crippen molar-refractivity contribution in [3.8, 4) is 0 Å². The lowest BCUT2D eigenvalue weighted by molar-refractivity contribution is 0.102. The summed E-state index contributed by atoms with van der Waals surface area (Å²) in [5, 5.41) is 7.07. The Labute approximate surface area is 182 Å².